The zero-order valence-corrected chi connectivity index (χ0v) is 20.8. The van der Waals surface area contributed by atoms with Crippen LogP contribution in [0.5, 0.6) is 5.88 Å². The molecule has 33 heavy (non-hydrogen) atoms. The molecule has 0 saturated heterocycles. The Morgan fingerprint density at radius 2 is 1.52 bits per heavy atom. The third-order valence-corrected chi connectivity index (χ3v) is 6.26. The summed E-state index contributed by atoms with van der Waals surface area (Å²) in [6.45, 7) is 0. The SMILES string of the molecule is O=C(C(=NNc1ccc(Br)cc1)c1nc(O)c(N=Nc2ccc(Br)cc2)s1)c1ccccc1. The summed E-state index contributed by atoms with van der Waals surface area (Å²) >= 11 is 7.77. The van der Waals surface area contributed by atoms with Gasteiger partial charge in [-0.25, -0.2) is 0 Å². The average Bonchev–Trinajstić information content (AvgIpc) is 3.20. The number of hydrogen-bond acceptors (Lipinski definition) is 8. The van der Waals surface area contributed by atoms with Crippen molar-refractivity contribution in [1.82, 2.24) is 4.98 Å². The van der Waals surface area contributed by atoms with Crippen molar-refractivity contribution < 1.29 is 9.90 Å². The summed E-state index contributed by atoms with van der Waals surface area (Å²) in [5.41, 5.74) is 4.68. The molecule has 1 heterocycles. The van der Waals surface area contributed by atoms with Crippen LogP contribution in [0.3, 0.4) is 0 Å². The van der Waals surface area contributed by atoms with E-state index in [1.165, 1.54) is 0 Å². The number of anilines is 1. The number of benzene rings is 3. The minimum absolute atomic E-state index is 0.0505. The maximum absolute atomic E-state index is 13.2. The van der Waals surface area contributed by atoms with Gasteiger partial charge in [-0.3, -0.25) is 10.2 Å². The molecule has 0 aliphatic carbocycles. The van der Waals surface area contributed by atoms with E-state index < -0.39 is 0 Å². The van der Waals surface area contributed by atoms with E-state index in [2.05, 4.69) is 57.6 Å². The maximum Gasteiger partial charge on any atom is 0.251 e. The van der Waals surface area contributed by atoms with Crippen LogP contribution >= 0.6 is 43.2 Å². The fourth-order valence-electron chi connectivity index (χ4n) is 2.65. The average molecular weight is 585 g/mol. The van der Waals surface area contributed by atoms with Crippen molar-refractivity contribution in [3.8, 4) is 5.88 Å². The Kier molecular flexibility index (Phi) is 7.38. The third kappa shape index (κ3) is 5.98. The molecule has 7 nitrogen and oxygen atoms in total. The molecular weight excluding hydrogens is 570 g/mol. The lowest BCUT2D eigenvalue weighted by molar-refractivity contribution is 0.106. The highest BCUT2D eigenvalue weighted by Gasteiger charge is 2.23. The van der Waals surface area contributed by atoms with Gasteiger partial charge in [-0.15, -0.1) is 10.2 Å². The van der Waals surface area contributed by atoms with Crippen molar-refractivity contribution in [1.29, 1.82) is 0 Å². The largest absolute Gasteiger partial charge is 0.491 e. The van der Waals surface area contributed by atoms with Crippen LogP contribution in [-0.2, 0) is 0 Å². The lowest BCUT2D eigenvalue weighted by atomic mass is 10.1. The smallest absolute Gasteiger partial charge is 0.251 e. The number of thiazole rings is 1. The molecule has 2 N–H and O–H groups in total. The van der Waals surface area contributed by atoms with Gasteiger partial charge in [0.25, 0.3) is 5.88 Å². The highest BCUT2D eigenvalue weighted by atomic mass is 79.9. The van der Waals surface area contributed by atoms with Crippen molar-refractivity contribution in [3.05, 3.63) is 98.4 Å². The van der Waals surface area contributed by atoms with Gasteiger partial charge in [-0.05, 0) is 48.5 Å². The van der Waals surface area contributed by atoms with Gasteiger partial charge in [0.1, 0.15) is 0 Å². The molecular formula is C23H15Br2N5O2S. The minimum Gasteiger partial charge on any atom is -0.491 e. The number of carbonyl (C=O) groups excluding carboxylic acids is 1. The van der Waals surface area contributed by atoms with E-state index in [4.69, 9.17) is 0 Å². The fraction of sp³-hybridized carbons (Fsp3) is 0. The normalized spacial score (nSPS) is 11.6. The maximum atomic E-state index is 13.2. The molecule has 0 bridgehead atoms. The van der Waals surface area contributed by atoms with Gasteiger partial charge in [0, 0.05) is 14.5 Å². The summed E-state index contributed by atoms with van der Waals surface area (Å²) in [7, 11) is 0. The van der Waals surface area contributed by atoms with Crippen molar-refractivity contribution in [2.75, 3.05) is 5.43 Å². The zero-order chi connectivity index (χ0) is 23.2. The van der Waals surface area contributed by atoms with Gasteiger partial charge in [0.15, 0.2) is 10.7 Å². The van der Waals surface area contributed by atoms with Gasteiger partial charge < -0.3 is 5.11 Å². The second-order valence-corrected chi connectivity index (χ2v) is 9.41. The van der Waals surface area contributed by atoms with Crippen LogP contribution in [0.1, 0.15) is 15.4 Å². The van der Waals surface area contributed by atoms with Gasteiger partial charge in [-0.2, -0.15) is 10.1 Å². The lowest BCUT2D eigenvalue weighted by Crippen LogP contribution is -2.17. The number of rotatable bonds is 7. The highest BCUT2D eigenvalue weighted by Crippen LogP contribution is 2.35. The second kappa shape index (κ2) is 10.6. The summed E-state index contributed by atoms with van der Waals surface area (Å²) in [6.07, 6.45) is 0. The van der Waals surface area contributed by atoms with Crippen molar-refractivity contribution in [3.63, 3.8) is 0 Å². The van der Waals surface area contributed by atoms with E-state index in [9.17, 15) is 9.90 Å². The quantitative estimate of drug-likeness (QED) is 0.102. The molecule has 0 aliphatic heterocycles. The number of Topliss-reactive ketones (excluding diaryl/α,β-unsaturated/α-hetero) is 1. The number of azo groups is 1. The molecule has 0 unspecified atom stereocenters. The number of hydrazone groups is 1. The summed E-state index contributed by atoms with van der Waals surface area (Å²) in [5.74, 6) is -0.668. The number of carbonyl (C=O) groups is 1. The third-order valence-electron chi connectivity index (χ3n) is 4.27. The number of aromatic nitrogens is 1. The minimum atomic E-state index is -0.342. The van der Waals surface area contributed by atoms with Crippen LogP contribution in [0.2, 0.25) is 0 Å². The van der Waals surface area contributed by atoms with Crippen LogP contribution in [0.15, 0.2) is 103 Å². The first-order valence-electron chi connectivity index (χ1n) is 9.56. The van der Waals surface area contributed by atoms with Crippen LogP contribution in [-0.4, -0.2) is 21.6 Å². The number of nitrogens with zero attached hydrogens (tertiary/aromatic N) is 4. The van der Waals surface area contributed by atoms with E-state index >= 15 is 0 Å². The summed E-state index contributed by atoms with van der Waals surface area (Å²) in [4.78, 5) is 17.3. The molecule has 0 fully saturated rings. The number of nitrogens with one attached hydrogen (secondary N) is 1. The molecule has 1 aromatic heterocycles. The topological polar surface area (TPSA) is 99.3 Å². The predicted octanol–water partition coefficient (Wildman–Crippen LogP) is 7.49. The summed E-state index contributed by atoms with van der Waals surface area (Å²) in [6, 6.07) is 23.3. The Morgan fingerprint density at radius 1 is 0.879 bits per heavy atom. The number of hydrogen-bond donors (Lipinski definition) is 2. The molecule has 0 spiro atoms. The molecule has 0 amide bonds. The van der Waals surface area contributed by atoms with Gasteiger partial charge in [0.2, 0.25) is 10.8 Å². The number of aromatic hydroxyl groups is 1. The standard InChI is InChI=1S/C23H15Br2N5O2S/c24-15-6-10-17(11-7-15)27-29-19(20(31)14-4-2-1-3-5-14)22-26-21(32)23(33-22)30-28-18-12-8-16(25)9-13-18/h1-13,27,32H. The lowest BCUT2D eigenvalue weighted by Gasteiger charge is -2.05. The Hall–Kier alpha value is -3.21. The van der Waals surface area contributed by atoms with Gasteiger partial charge in [-0.1, -0.05) is 73.5 Å². The molecule has 4 rings (SSSR count). The van der Waals surface area contributed by atoms with E-state index in [0.717, 1.165) is 20.3 Å². The van der Waals surface area contributed by atoms with Gasteiger partial charge >= 0.3 is 0 Å². The van der Waals surface area contributed by atoms with E-state index in [1.807, 2.05) is 42.5 Å². The van der Waals surface area contributed by atoms with Crippen LogP contribution in [0, 0.1) is 0 Å². The zero-order valence-electron chi connectivity index (χ0n) is 16.8. The van der Waals surface area contributed by atoms with E-state index in [0.29, 0.717) is 16.9 Å². The second-order valence-electron chi connectivity index (χ2n) is 6.60. The first kappa shape index (κ1) is 23.0. The van der Waals surface area contributed by atoms with Crippen LogP contribution in [0.4, 0.5) is 16.4 Å². The van der Waals surface area contributed by atoms with Crippen LogP contribution < -0.4 is 5.43 Å². The first-order valence-corrected chi connectivity index (χ1v) is 12.0. The molecule has 0 saturated carbocycles. The predicted molar refractivity (Wildman–Crippen MR) is 137 cm³/mol. The molecule has 4 aromatic rings. The fourth-order valence-corrected chi connectivity index (χ4v) is 3.95. The van der Waals surface area contributed by atoms with Gasteiger partial charge in [0.05, 0.1) is 11.4 Å². The Morgan fingerprint density at radius 3 is 2.18 bits per heavy atom. The first-order chi connectivity index (χ1) is 16.0. The molecule has 3 aromatic carbocycles. The molecule has 10 heteroatoms. The van der Waals surface area contributed by atoms with Crippen LogP contribution in [0.25, 0.3) is 0 Å². The Balaban J connectivity index is 1.67. The number of halogens is 2. The van der Waals surface area contributed by atoms with Crippen molar-refractivity contribution >= 4 is 71.1 Å². The van der Waals surface area contributed by atoms with Crippen molar-refractivity contribution in [2.24, 2.45) is 15.3 Å². The molecule has 164 valence electrons. The molecule has 0 radical (unpaired) electrons. The molecule has 0 atom stereocenters. The Bertz CT molecular complexity index is 1320. The summed E-state index contributed by atoms with van der Waals surface area (Å²) < 4.78 is 1.84. The van der Waals surface area contributed by atoms with Crippen molar-refractivity contribution in [2.45, 2.75) is 0 Å². The Labute approximate surface area is 210 Å². The molecule has 0 aliphatic rings. The monoisotopic (exact) mass is 583 g/mol. The van der Waals surface area contributed by atoms with E-state index in [1.54, 1.807) is 36.4 Å². The highest BCUT2D eigenvalue weighted by molar-refractivity contribution is 9.10. The number of ketones is 1. The van der Waals surface area contributed by atoms with E-state index in [-0.39, 0.29) is 27.4 Å². The summed E-state index contributed by atoms with van der Waals surface area (Å²) in [5, 5.41) is 23.2.